The average Bonchev–Trinajstić information content (AvgIpc) is 3.17. The third-order valence-corrected chi connectivity index (χ3v) is 9.70. The number of hydrogen-bond donors (Lipinski definition) is 2. The van der Waals surface area contributed by atoms with Crippen molar-refractivity contribution >= 4 is 8.32 Å². The summed E-state index contributed by atoms with van der Waals surface area (Å²) in [6.07, 6.45) is 1.84. The summed E-state index contributed by atoms with van der Waals surface area (Å²) in [6, 6.07) is 14.5. The van der Waals surface area contributed by atoms with E-state index in [9.17, 15) is 10.2 Å². The minimum atomic E-state index is -2.05. The molecule has 1 heterocycles. The van der Waals surface area contributed by atoms with E-state index in [-0.39, 0.29) is 0 Å². The Hall–Kier alpha value is -2.41. The fourth-order valence-corrected chi connectivity index (χ4v) is 8.79. The normalized spacial score (nSPS) is 23.9. The number of fused-ring (bicyclic) bond motifs is 2. The molecule has 1 aromatic heterocycles. The maximum atomic E-state index is 12.5. The Bertz CT molecular complexity index is 1200. The van der Waals surface area contributed by atoms with Crippen molar-refractivity contribution in [1.29, 1.82) is 0 Å². The van der Waals surface area contributed by atoms with Crippen molar-refractivity contribution < 1.29 is 19.2 Å². The van der Waals surface area contributed by atoms with Crippen LogP contribution in [0.5, 0.6) is 5.75 Å². The van der Waals surface area contributed by atoms with E-state index < -0.39 is 19.5 Å². The molecule has 2 N–H and O–H groups in total. The number of benzene rings is 2. The summed E-state index contributed by atoms with van der Waals surface area (Å²) in [5, 5.41) is 29.2. The van der Waals surface area contributed by atoms with Gasteiger partial charge >= 0.3 is 0 Å². The summed E-state index contributed by atoms with van der Waals surface area (Å²) in [5.41, 5.74) is 1.16. The molecule has 0 saturated heterocycles. The average molecular weight is 464 g/mol. The molecule has 174 valence electrons. The van der Waals surface area contributed by atoms with E-state index in [1.807, 2.05) is 49.4 Å². The van der Waals surface area contributed by atoms with Gasteiger partial charge in [-0.15, -0.1) is 0 Å². The Labute approximate surface area is 196 Å². The molecule has 3 aromatic rings. The van der Waals surface area contributed by atoms with Gasteiger partial charge in [0.2, 0.25) is 8.32 Å². The second-order valence-corrected chi connectivity index (χ2v) is 14.9. The molecule has 0 fully saturated rings. The Balaban J connectivity index is 1.78. The van der Waals surface area contributed by atoms with Gasteiger partial charge < -0.3 is 19.2 Å². The fraction of sp³-hybridized carbons (Fsp3) is 0.444. The summed E-state index contributed by atoms with van der Waals surface area (Å²) < 4.78 is 12.5. The summed E-state index contributed by atoms with van der Waals surface area (Å²) in [6.45, 7) is 10.9. The van der Waals surface area contributed by atoms with Crippen molar-refractivity contribution in [3.63, 3.8) is 0 Å². The Morgan fingerprint density at radius 1 is 1.12 bits per heavy atom. The molecule has 2 atom stereocenters. The van der Waals surface area contributed by atoms with Gasteiger partial charge in [0.25, 0.3) is 0 Å². The van der Waals surface area contributed by atoms with Gasteiger partial charge in [-0.1, -0.05) is 61.0 Å². The van der Waals surface area contributed by atoms with Crippen molar-refractivity contribution in [3.05, 3.63) is 70.5 Å². The summed E-state index contributed by atoms with van der Waals surface area (Å²) in [4.78, 5) is 0. The van der Waals surface area contributed by atoms with Crippen LogP contribution < -0.4 is 4.43 Å². The SMILES string of the molecule is Cc1ccc(C2(O)c3cccc(O[Si](C)(C)CC(C)C)c3-c3noc4c3C2(O)CCC4)cc1. The van der Waals surface area contributed by atoms with Crippen LogP contribution in [0.25, 0.3) is 11.3 Å². The van der Waals surface area contributed by atoms with Crippen LogP contribution in [0.1, 0.15) is 54.7 Å². The van der Waals surface area contributed by atoms with Crippen molar-refractivity contribution in [2.45, 2.75) is 70.4 Å². The molecule has 0 amide bonds. The fourth-order valence-electron chi connectivity index (χ4n) is 5.98. The minimum absolute atomic E-state index is 0.427. The number of rotatable bonds is 5. The maximum Gasteiger partial charge on any atom is 0.245 e. The van der Waals surface area contributed by atoms with Gasteiger partial charge in [0, 0.05) is 12.0 Å². The van der Waals surface area contributed by atoms with Crippen LogP contribution in [-0.2, 0) is 17.6 Å². The molecule has 0 spiro atoms. The molecule has 6 heteroatoms. The lowest BCUT2D eigenvalue weighted by Gasteiger charge is -2.49. The first-order chi connectivity index (χ1) is 15.6. The molecular formula is C27H33NO4Si. The summed E-state index contributed by atoms with van der Waals surface area (Å²) in [7, 11) is -2.05. The van der Waals surface area contributed by atoms with Gasteiger partial charge in [0.05, 0.1) is 11.1 Å². The van der Waals surface area contributed by atoms with Crippen molar-refractivity contribution in [1.82, 2.24) is 5.16 Å². The van der Waals surface area contributed by atoms with Crippen molar-refractivity contribution in [2.24, 2.45) is 5.92 Å². The highest BCUT2D eigenvalue weighted by Crippen LogP contribution is 2.60. The standard InChI is InChI=1S/C27H33NO4Si/c1-17(2)16-33(4,5)32-21-9-6-8-20-23(21)25-24-22(31-28-25)10-7-15-26(24,29)27(20,30)19-13-11-18(3)12-14-19/h6,8-9,11-14,17,29-30H,7,10,15-16H2,1-5H3. The molecule has 2 aliphatic rings. The lowest BCUT2D eigenvalue weighted by atomic mass is 9.60. The molecular weight excluding hydrogens is 430 g/mol. The van der Waals surface area contributed by atoms with E-state index in [0.717, 1.165) is 17.2 Å². The van der Waals surface area contributed by atoms with E-state index in [0.29, 0.717) is 59.1 Å². The minimum Gasteiger partial charge on any atom is -0.544 e. The predicted molar refractivity (Wildman–Crippen MR) is 131 cm³/mol. The van der Waals surface area contributed by atoms with Gasteiger partial charge in [-0.05, 0) is 56.5 Å². The molecule has 2 aliphatic carbocycles. The van der Waals surface area contributed by atoms with Gasteiger partial charge in [0.1, 0.15) is 28.4 Å². The highest BCUT2D eigenvalue weighted by Gasteiger charge is 2.61. The highest BCUT2D eigenvalue weighted by atomic mass is 28.4. The monoisotopic (exact) mass is 463 g/mol. The Morgan fingerprint density at radius 2 is 1.85 bits per heavy atom. The van der Waals surface area contributed by atoms with E-state index in [2.05, 4.69) is 32.1 Å². The zero-order chi connectivity index (χ0) is 23.6. The van der Waals surface area contributed by atoms with E-state index >= 15 is 0 Å². The zero-order valence-electron chi connectivity index (χ0n) is 20.1. The van der Waals surface area contributed by atoms with Crippen LogP contribution in [0.2, 0.25) is 19.1 Å². The molecule has 0 radical (unpaired) electrons. The van der Waals surface area contributed by atoms with Crippen LogP contribution in [-0.4, -0.2) is 23.7 Å². The maximum absolute atomic E-state index is 12.5. The smallest absolute Gasteiger partial charge is 0.245 e. The second-order valence-electron chi connectivity index (χ2n) is 10.8. The van der Waals surface area contributed by atoms with Crippen LogP contribution in [0.4, 0.5) is 0 Å². The molecule has 2 aromatic carbocycles. The molecule has 5 rings (SSSR count). The third kappa shape index (κ3) is 3.30. The topological polar surface area (TPSA) is 75.7 Å². The Kier molecular flexibility index (Phi) is 5.12. The first kappa shape index (κ1) is 22.4. The quantitative estimate of drug-likeness (QED) is 0.477. The summed E-state index contributed by atoms with van der Waals surface area (Å²) >= 11 is 0. The molecule has 5 nitrogen and oxygen atoms in total. The number of aliphatic hydroxyl groups is 2. The number of hydrogen-bond acceptors (Lipinski definition) is 5. The third-order valence-electron chi connectivity index (χ3n) is 7.13. The Morgan fingerprint density at radius 3 is 2.55 bits per heavy atom. The zero-order valence-corrected chi connectivity index (χ0v) is 21.1. The van der Waals surface area contributed by atoms with Gasteiger partial charge in [-0.25, -0.2) is 0 Å². The van der Waals surface area contributed by atoms with Gasteiger partial charge in [-0.3, -0.25) is 0 Å². The number of aromatic nitrogens is 1. The van der Waals surface area contributed by atoms with Gasteiger partial charge in [-0.2, -0.15) is 0 Å². The lowest BCUT2D eigenvalue weighted by molar-refractivity contribution is -0.151. The molecule has 33 heavy (non-hydrogen) atoms. The molecule has 2 unspecified atom stereocenters. The van der Waals surface area contributed by atoms with Crippen molar-refractivity contribution in [3.8, 4) is 17.0 Å². The molecule has 0 aliphatic heterocycles. The van der Waals surface area contributed by atoms with Crippen LogP contribution in [0, 0.1) is 12.8 Å². The van der Waals surface area contributed by atoms with E-state index in [4.69, 9.17) is 8.95 Å². The first-order valence-electron chi connectivity index (χ1n) is 11.9. The van der Waals surface area contributed by atoms with Gasteiger partial charge in [0.15, 0.2) is 0 Å². The summed E-state index contributed by atoms with van der Waals surface area (Å²) in [5.74, 6) is 1.89. The number of aryl methyl sites for hydroxylation is 2. The second kappa shape index (κ2) is 7.55. The van der Waals surface area contributed by atoms with E-state index in [1.165, 1.54) is 0 Å². The lowest BCUT2D eigenvalue weighted by Crippen LogP contribution is -2.54. The van der Waals surface area contributed by atoms with Crippen LogP contribution in [0.15, 0.2) is 47.0 Å². The van der Waals surface area contributed by atoms with Crippen LogP contribution in [0.3, 0.4) is 0 Å². The first-order valence-corrected chi connectivity index (χ1v) is 15.0. The highest BCUT2D eigenvalue weighted by molar-refractivity contribution is 6.72. The largest absolute Gasteiger partial charge is 0.544 e. The van der Waals surface area contributed by atoms with Crippen molar-refractivity contribution in [2.75, 3.05) is 0 Å². The predicted octanol–water partition coefficient (Wildman–Crippen LogP) is 5.66. The molecule has 0 bridgehead atoms. The van der Waals surface area contributed by atoms with Crippen LogP contribution >= 0.6 is 0 Å². The molecule has 0 saturated carbocycles. The van der Waals surface area contributed by atoms with E-state index in [1.54, 1.807) is 0 Å². The number of nitrogens with zero attached hydrogens (tertiary/aromatic N) is 1.